The summed E-state index contributed by atoms with van der Waals surface area (Å²) < 4.78 is 27.3. The first-order valence-electron chi connectivity index (χ1n) is 11.0. The largest absolute Gasteiger partial charge is 0.395 e. The van der Waals surface area contributed by atoms with Crippen LogP contribution < -0.4 is 14.2 Å². The van der Waals surface area contributed by atoms with Crippen molar-refractivity contribution < 1.29 is 22.5 Å². The van der Waals surface area contributed by atoms with Gasteiger partial charge in [0.2, 0.25) is 0 Å². The van der Waals surface area contributed by atoms with Gasteiger partial charge >= 0.3 is 10.3 Å². The molecule has 8 nitrogen and oxygen atoms in total. The van der Waals surface area contributed by atoms with Crippen molar-refractivity contribution in [1.29, 1.82) is 0 Å². The lowest BCUT2D eigenvalue weighted by atomic mass is 9.98. The van der Waals surface area contributed by atoms with Crippen molar-refractivity contribution in [3.8, 4) is 5.75 Å². The predicted molar refractivity (Wildman–Crippen MR) is 130 cm³/mol. The predicted octanol–water partition coefficient (Wildman–Crippen LogP) is 2.47. The minimum atomic E-state index is -4.12. The zero-order valence-electron chi connectivity index (χ0n) is 18.6. The van der Waals surface area contributed by atoms with Gasteiger partial charge in [0.25, 0.3) is 5.91 Å². The van der Waals surface area contributed by atoms with Crippen LogP contribution in [0.2, 0.25) is 0 Å². The summed E-state index contributed by atoms with van der Waals surface area (Å²) >= 11 is 0. The van der Waals surface area contributed by atoms with E-state index in [4.69, 9.17) is 9.32 Å². The summed E-state index contributed by atoms with van der Waals surface area (Å²) in [5.74, 6) is 0.00651. The summed E-state index contributed by atoms with van der Waals surface area (Å²) in [5.41, 5.74) is 4.37. The molecule has 34 heavy (non-hydrogen) atoms. The molecule has 3 aromatic rings. The van der Waals surface area contributed by atoms with E-state index in [1.54, 1.807) is 29.2 Å². The van der Waals surface area contributed by atoms with Gasteiger partial charge in [0, 0.05) is 37.4 Å². The van der Waals surface area contributed by atoms with Crippen molar-refractivity contribution >= 4 is 21.9 Å². The van der Waals surface area contributed by atoms with E-state index >= 15 is 0 Å². The lowest BCUT2D eigenvalue weighted by molar-refractivity contribution is 0.0734. The number of aliphatic hydroxyl groups excluding tert-OH is 1. The highest BCUT2D eigenvalue weighted by atomic mass is 32.2. The number of nitrogens with two attached hydrogens (primary N) is 1. The molecule has 0 saturated heterocycles. The topological polar surface area (TPSA) is 113 Å². The minimum Gasteiger partial charge on any atom is -0.395 e. The third kappa shape index (κ3) is 5.93. The first kappa shape index (κ1) is 23.7. The Kier molecular flexibility index (Phi) is 7.16. The molecule has 0 radical (unpaired) electrons. The number of carbonyl (C=O) groups excluding carboxylic acids is 1. The first-order chi connectivity index (χ1) is 16.3. The molecule has 0 bridgehead atoms. The Labute approximate surface area is 199 Å². The van der Waals surface area contributed by atoms with Crippen LogP contribution in [0.25, 0.3) is 0 Å². The van der Waals surface area contributed by atoms with E-state index in [9.17, 15) is 18.3 Å². The van der Waals surface area contributed by atoms with Gasteiger partial charge in [-0.15, -0.1) is 0 Å². The molecule has 178 valence electrons. The van der Waals surface area contributed by atoms with Crippen LogP contribution in [0.5, 0.6) is 5.75 Å². The number of amides is 1. The SMILES string of the molecule is NS(=O)(=O)Oc1ccc2c(c1)CN(C(=O)c1cccc(N(CCO)Cc3ccccc3)c1)CC2. The fourth-order valence-corrected chi connectivity index (χ4v) is 4.51. The Bertz CT molecular complexity index is 1260. The lowest BCUT2D eigenvalue weighted by Gasteiger charge is -2.30. The molecule has 0 unspecified atom stereocenters. The van der Waals surface area contributed by atoms with E-state index < -0.39 is 10.3 Å². The standard InChI is InChI=1S/C25H27N3O5S/c26-34(31,32)33-24-10-9-20-11-12-28(18-22(20)16-24)25(30)21-7-4-8-23(15-21)27(13-14-29)17-19-5-2-1-3-6-19/h1-10,15-16,29H,11-14,17-18H2,(H2,26,31,32). The zero-order chi connectivity index (χ0) is 24.1. The Morgan fingerprint density at radius 3 is 2.56 bits per heavy atom. The summed E-state index contributed by atoms with van der Waals surface area (Å²) in [6.45, 7) is 1.94. The Morgan fingerprint density at radius 1 is 1.03 bits per heavy atom. The number of hydrogen-bond donors (Lipinski definition) is 2. The number of rotatable bonds is 8. The van der Waals surface area contributed by atoms with Gasteiger partial charge in [-0.1, -0.05) is 42.5 Å². The molecule has 0 atom stereocenters. The molecular weight excluding hydrogens is 454 g/mol. The highest BCUT2D eigenvalue weighted by Gasteiger charge is 2.23. The van der Waals surface area contributed by atoms with Crippen LogP contribution in [0, 0.1) is 0 Å². The summed E-state index contributed by atoms with van der Waals surface area (Å²) in [7, 11) is -4.12. The van der Waals surface area contributed by atoms with E-state index in [-0.39, 0.29) is 18.3 Å². The summed E-state index contributed by atoms with van der Waals surface area (Å²) in [6.07, 6.45) is 0.654. The Balaban J connectivity index is 1.52. The van der Waals surface area contributed by atoms with Crippen molar-refractivity contribution in [3.63, 3.8) is 0 Å². The van der Waals surface area contributed by atoms with Gasteiger partial charge in [-0.05, 0) is 53.4 Å². The van der Waals surface area contributed by atoms with Crippen molar-refractivity contribution in [1.82, 2.24) is 4.90 Å². The van der Waals surface area contributed by atoms with Crippen LogP contribution in [-0.4, -0.2) is 44.0 Å². The quantitative estimate of drug-likeness (QED) is 0.511. The monoisotopic (exact) mass is 481 g/mol. The Morgan fingerprint density at radius 2 is 1.82 bits per heavy atom. The second-order valence-electron chi connectivity index (χ2n) is 8.16. The van der Waals surface area contributed by atoms with Gasteiger partial charge in [-0.25, -0.2) is 0 Å². The van der Waals surface area contributed by atoms with Gasteiger partial charge in [0.05, 0.1) is 6.61 Å². The number of anilines is 1. The molecule has 3 aromatic carbocycles. The number of benzene rings is 3. The molecule has 0 saturated carbocycles. The average Bonchev–Trinajstić information content (AvgIpc) is 2.82. The molecule has 1 aliphatic heterocycles. The zero-order valence-corrected chi connectivity index (χ0v) is 19.4. The smallest absolute Gasteiger partial charge is 0.380 e. The highest BCUT2D eigenvalue weighted by Crippen LogP contribution is 2.26. The molecule has 1 heterocycles. The van der Waals surface area contributed by atoms with Crippen LogP contribution in [0.1, 0.15) is 27.0 Å². The molecule has 4 rings (SSSR count). The fraction of sp³-hybridized carbons (Fsp3) is 0.240. The average molecular weight is 482 g/mol. The van der Waals surface area contributed by atoms with E-state index in [1.807, 2.05) is 53.4 Å². The second kappa shape index (κ2) is 10.3. The summed E-state index contributed by atoms with van der Waals surface area (Å²) in [5, 5.41) is 14.5. The first-order valence-corrected chi connectivity index (χ1v) is 12.4. The molecule has 1 amide bonds. The molecule has 0 aromatic heterocycles. The van der Waals surface area contributed by atoms with Crippen LogP contribution in [0.4, 0.5) is 5.69 Å². The molecule has 9 heteroatoms. The van der Waals surface area contributed by atoms with Crippen LogP contribution in [-0.2, 0) is 29.8 Å². The van der Waals surface area contributed by atoms with Gasteiger partial charge < -0.3 is 19.1 Å². The Hall–Kier alpha value is -3.40. The molecule has 1 aliphatic rings. The second-order valence-corrected chi connectivity index (χ2v) is 9.32. The van der Waals surface area contributed by atoms with Gasteiger partial charge in [0.1, 0.15) is 5.75 Å². The van der Waals surface area contributed by atoms with Crippen molar-refractivity contribution in [2.45, 2.75) is 19.5 Å². The van der Waals surface area contributed by atoms with E-state index in [1.165, 1.54) is 0 Å². The van der Waals surface area contributed by atoms with Gasteiger partial charge in [-0.2, -0.15) is 13.6 Å². The summed E-state index contributed by atoms with van der Waals surface area (Å²) in [6, 6.07) is 22.3. The van der Waals surface area contributed by atoms with Gasteiger partial charge in [-0.3, -0.25) is 4.79 Å². The summed E-state index contributed by atoms with van der Waals surface area (Å²) in [4.78, 5) is 17.1. The number of aliphatic hydroxyl groups is 1. The molecule has 0 aliphatic carbocycles. The van der Waals surface area contributed by atoms with Crippen LogP contribution in [0.15, 0.2) is 72.8 Å². The molecular formula is C25H27N3O5S. The lowest BCUT2D eigenvalue weighted by Crippen LogP contribution is -2.36. The minimum absolute atomic E-state index is 0.00313. The third-order valence-corrected chi connectivity index (χ3v) is 6.16. The maximum absolute atomic E-state index is 13.3. The molecule has 3 N–H and O–H groups in total. The molecule has 0 fully saturated rings. The number of hydrogen-bond acceptors (Lipinski definition) is 6. The maximum atomic E-state index is 13.3. The third-order valence-electron chi connectivity index (χ3n) is 5.73. The van der Waals surface area contributed by atoms with E-state index in [2.05, 4.69) is 0 Å². The highest BCUT2D eigenvalue weighted by molar-refractivity contribution is 7.84. The van der Waals surface area contributed by atoms with Crippen molar-refractivity contribution in [2.24, 2.45) is 5.14 Å². The van der Waals surface area contributed by atoms with Crippen molar-refractivity contribution in [2.75, 3.05) is 24.6 Å². The molecule has 0 spiro atoms. The number of carbonyl (C=O) groups is 1. The van der Waals surface area contributed by atoms with E-state index in [0.29, 0.717) is 38.2 Å². The van der Waals surface area contributed by atoms with Crippen molar-refractivity contribution in [3.05, 3.63) is 95.1 Å². The van der Waals surface area contributed by atoms with Crippen LogP contribution in [0.3, 0.4) is 0 Å². The number of nitrogens with zero attached hydrogens (tertiary/aromatic N) is 2. The van der Waals surface area contributed by atoms with Gasteiger partial charge in [0.15, 0.2) is 0 Å². The maximum Gasteiger partial charge on any atom is 0.380 e. The normalized spacial score (nSPS) is 13.3. The van der Waals surface area contributed by atoms with Crippen LogP contribution >= 0.6 is 0 Å². The fourth-order valence-electron chi connectivity index (χ4n) is 4.13. The number of fused-ring (bicyclic) bond motifs is 1. The van der Waals surface area contributed by atoms with E-state index in [0.717, 1.165) is 22.4 Å².